The fraction of sp³-hybridized carbons (Fsp3) is 0.286. The van der Waals surface area contributed by atoms with Gasteiger partial charge in [-0.2, -0.15) is 31.9 Å². The molecule has 2 rings (SSSR count). The molecule has 22 heavy (non-hydrogen) atoms. The van der Waals surface area contributed by atoms with Gasteiger partial charge < -0.3 is 5.32 Å². The van der Waals surface area contributed by atoms with Crippen molar-refractivity contribution in [3.8, 4) is 0 Å². The average Bonchev–Trinajstić information content (AvgIpc) is 3.00. The number of pyridine rings is 1. The lowest BCUT2D eigenvalue weighted by Gasteiger charge is -2.08. The highest BCUT2D eigenvalue weighted by Gasteiger charge is 2.16. The third-order valence-corrected chi connectivity index (χ3v) is 5.09. The van der Waals surface area contributed by atoms with Crippen LogP contribution in [-0.2, 0) is 5.75 Å². The molecule has 0 bridgehead atoms. The minimum absolute atomic E-state index is 0.0564. The molecule has 3 nitrogen and oxygen atoms in total. The fourth-order valence-corrected chi connectivity index (χ4v) is 3.80. The number of hydrogen-bond acceptors (Lipinski definition) is 5. The van der Waals surface area contributed by atoms with Crippen molar-refractivity contribution in [1.82, 2.24) is 10.3 Å². The first-order valence-corrected chi connectivity index (χ1v) is 9.41. The zero-order valence-corrected chi connectivity index (χ0v) is 13.9. The molecule has 2 heterocycles. The van der Waals surface area contributed by atoms with Gasteiger partial charge in [-0.15, -0.1) is 0 Å². The second-order valence-corrected chi connectivity index (χ2v) is 7.04. The summed E-state index contributed by atoms with van der Waals surface area (Å²) >= 11 is 3.66. The van der Waals surface area contributed by atoms with E-state index >= 15 is 0 Å². The van der Waals surface area contributed by atoms with Crippen molar-refractivity contribution in [2.24, 2.45) is 0 Å². The van der Waals surface area contributed by atoms with E-state index in [9.17, 15) is 13.6 Å². The Bertz CT molecular complexity index is 594. The number of alkyl halides is 2. The number of halogens is 2. The first kappa shape index (κ1) is 17.2. The minimum atomic E-state index is -2.59. The summed E-state index contributed by atoms with van der Waals surface area (Å²) in [5.41, 5.74) is 1.46. The van der Waals surface area contributed by atoms with Crippen LogP contribution in [0.15, 0.2) is 40.2 Å². The molecule has 0 saturated heterocycles. The second-order valence-electron chi connectivity index (χ2n) is 4.17. The van der Waals surface area contributed by atoms with Gasteiger partial charge in [-0.05, 0) is 46.3 Å². The zero-order valence-electron chi connectivity index (χ0n) is 11.5. The fourth-order valence-electron chi connectivity index (χ4n) is 1.64. The molecule has 0 saturated carbocycles. The minimum Gasteiger partial charge on any atom is -0.351 e. The third kappa shape index (κ3) is 5.58. The van der Waals surface area contributed by atoms with Crippen molar-refractivity contribution in [1.29, 1.82) is 0 Å². The largest absolute Gasteiger partial charge is 0.351 e. The van der Waals surface area contributed by atoms with Gasteiger partial charge in [-0.3, -0.25) is 4.79 Å². The first-order chi connectivity index (χ1) is 10.7. The van der Waals surface area contributed by atoms with E-state index in [0.717, 1.165) is 11.5 Å². The van der Waals surface area contributed by atoms with E-state index in [0.29, 0.717) is 6.54 Å². The summed E-state index contributed by atoms with van der Waals surface area (Å²) in [4.78, 5) is 15.9. The van der Waals surface area contributed by atoms with Gasteiger partial charge >= 0.3 is 0 Å². The van der Waals surface area contributed by atoms with E-state index in [1.54, 1.807) is 29.2 Å². The molecule has 118 valence electrons. The van der Waals surface area contributed by atoms with E-state index in [1.165, 1.54) is 17.8 Å². The molecular formula is C14H14F2N2OS3. The van der Waals surface area contributed by atoms with Gasteiger partial charge in [-0.1, -0.05) is 0 Å². The number of nitrogens with zero attached hydrogens (tertiary/aromatic N) is 1. The van der Waals surface area contributed by atoms with Crippen molar-refractivity contribution >= 4 is 40.8 Å². The van der Waals surface area contributed by atoms with Gasteiger partial charge in [0.05, 0.1) is 5.56 Å². The molecule has 1 amide bonds. The lowest BCUT2D eigenvalue weighted by atomic mass is 10.3. The third-order valence-electron chi connectivity index (χ3n) is 2.60. The van der Waals surface area contributed by atoms with Crippen molar-refractivity contribution in [3.63, 3.8) is 0 Å². The Balaban J connectivity index is 1.77. The van der Waals surface area contributed by atoms with Crippen LogP contribution < -0.4 is 5.32 Å². The number of amides is 1. The maximum Gasteiger partial charge on any atom is 0.290 e. The molecular weight excluding hydrogens is 346 g/mol. The van der Waals surface area contributed by atoms with Crippen molar-refractivity contribution < 1.29 is 13.6 Å². The highest BCUT2D eigenvalue weighted by Crippen LogP contribution is 2.26. The summed E-state index contributed by atoms with van der Waals surface area (Å²) in [6, 6.07) is 5.14. The van der Waals surface area contributed by atoms with Gasteiger partial charge in [-0.25, -0.2) is 4.98 Å². The van der Waals surface area contributed by atoms with E-state index in [-0.39, 0.29) is 28.3 Å². The molecule has 8 heteroatoms. The van der Waals surface area contributed by atoms with E-state index in [4.69, 9.17) is 0 Å². The number of aromatic nitrogens is 1. The van der Waals surface area contributed by atoms with Gasteiger partial charge in [0.2, 0.25) is 0 Å². The predicted octanol–water partition coefficient (Wildman–Crippen LogP) is 4.12. The Hall–Kier alpha value is -1.12. The summed E-state index contributed by atoms with van der Waals surface area (Å²) < 4.78 is 24.9. The molecule has 2 aromatic heterocycles. The monoisotopic (exact) mass is 360 g/mol. The Kier molecular flexibility index (Phi) is 7.14. The van der Waals surface area contributed by atoms with Gasteiger partial charge in [0.25, 0.3) is 11.7 Å². The van der Waals surface area contributed by atoms with Crippen LogP contribution in [0.2, 0.25) is 0 Å². The maximum atomic E-state index is 12.4. The molecule has 0 aliphatic rings. The van der Waals surface area contributed by atoms with Crippen molar-refractivity contribution in [2.75, 3.05) is 12.3 Å². The quantitative estimate of drug-likeness (QED) is 0.568. The van der Waals surface area contributed by atoms with Crippen LogP contribution in [0.25, 0.3) is 0 Å². The molecule has 0 aliphatic heterocycles. The molecule has 1 N–H and O–H groups in total. The van der Waals surface area contributed by atoms with Crippen LogP contribution in [-0.4, -0.2) is 28.9 Å². The Morgan fingerprint density at radius 1 is 1.41 bits per heavy atom. The van der Waals surface area contributed by atoms with E-state index < -0.39 is 5.76 Å². The topological polar surface area (TPSA) is 42.0 Å². The van der Waals surface area contributed by atoms with Gasteiger partial charge in [0, 0.05) is 24.2 Å². The second kappa shape index (κ2) is 9.12. The van der Waals surface area contributed by atoms with Crippen LogP contribution in [0.5, 0.6) is 0 Å². The van der Waals surface area contributed by atoms with Crippen molar-refractivity contribution in [2.45, 2.75) is 16.5 Å². The number of carbonyl (C=O) groups is 1. The van der Waals surface area contributed by atoms with Crippen LogP contribution in [0.1, 0.15) is 15.9 Å². The summed E-state index contributed by atoms with van der Waals surface area (Å²) in [6.45, 7) is 0.487. The molecule has 0 fully saturated rings. The summed E-state index contributed by atoms with van der Waals surface area (Å²) in [5.74, 6) is -1.30. The zero-order chi connectivity index (χ0) is 15.8. The van der Waals surface area contributed by atoms with Crippen molar-refractivity contribution in [3.05, 3.63) is 46.3 Å². The number of nitrogens with one attached hydrogen (secondary N) is 1. The van der Waals surface area contributed by atoms with Crippen LogP contribution in [0.4, 0.5) is 8.78 Å². The first-order valence-electron chi connectivity index (χ1n) is 6.43. The predicted molar refractivity (Wildman–Crippen MR) is 88.9 cm³/mol. The SMILES string of the molecule is O=C(NCCSCc1ccsc1)c1cccnc1SC(F)F. The number of hydrogen-bond donors (Lipinski definition) is 1. The van der Waals surface area contributed by atoms with Gasteiger partial charge in [0.15, 0.2) is 0 Å². The molecule has 0 radical (unpaired) electrons. The average molecular weight is 360 g/mol. The van der Waals surface area contributed by atoms with E-state index in [2.05, 4.69) is 21.7 Å². The highest BCUT2D eigenvalue weighted by atomic mass is 32.2. The molecule has 0 spiro atoms. The molecule has 0 aromatic carbocycles. The van der Waals surface area contributed by atoms with Crippen LogP contribution >= 0.6 is 34.9 Å². The van der Waals surface area contributed by atoms with Gasteiger partial charge in [0.1, 0.15) is 5.03 Å². The van der Waals surface area contributed by atoms with Crippen LogP contribution in [0, 0.1) is 0 Å². The number of thioether (sulfide) groups is 2. The molecule has 0 aliphatic carbocycles. The Labute approximate surface area is 139 Å². The Morgan fingerprint density at radius 2 is 2.27 bits per heavy atom. The lowest BCUT2D eigenvalue weighted by molar-refractivity contribution is 0.0952. The number of carbonyl (C=O) groups excluding carboxylic acids is 1. The summed E-state index contributed by atoms with van der Waals surface area (Å²) in [7, 11) is 0. The number of rotatable bonds is 8. The standard InChI is InChI=1S/C14H14F2N2OS3/c15-14(16)22-13-11(2-1-4-18-13)12(19)17-5-7-21-9-10-3-6-20-8-10/h1-4,6,8,14H,5,7,9H2,(H,17,19). The smallest absolute Gasteiger partial charge is 0.290 e. The Morgan fingerprint density at radius 3 is 3.00 bits per heavy atom. The maximum absolute atomic E-state index is 12.4. The number of thiophene rings is 1. The van der Waals surface area contributed by atoms with E-state index in [1.807, 2.05) is 5.38 Å². The summed E-state index contributed by atoms with van der Waals surface area (Å²) in [5, 5.41) is 6.92. The van der Waals surface area contributed by atoms with Crippen LogP contribution in [0.3, 0.4) is 0 Å². The normalized spacial score (nSPS) is 10.9. The molecule has 2 aromatic rings. The molecule has 0 atom stereocenters. The lowest BCUT2D eigenvalue weighted by Crippen LogP contribution is -2.26. The molecule has 0 unspecified atom stereocenters. The highest BCUT2D eigenvalue weighted by molar-refractivity contribution is 7.99. The summed E-state index contributed by atoms with van der Waals surface area (Å²) in [6.07, 6.45) is 1.40.